The third kappa shape index (κ3) is 6.07. The highest BCUT2D eigenvalue weighted by Gasteiger charge is 2.22. The molecule has 3 nitrogen and oxygen atoms in total. The summed E-state index contributed by atoms with van der Waals surface area (Å²) in [5, 5.41) is 2.31. The molecule has 150 valence electrons. The Kier molecular flexibility index (Phi) is 8.11. The van der Waals surface area contributed by atoms with Gasteiger partial charge in [0.15, 0.2) is 0 Å². The van der Waals surface area contributed by atoms with Crippen LogP contribution in [0.1, 0.15) is 87.2 Å². The zero-order chi connectivity index (χ0) is 20.5. The van der Waals surface area contributed by atoms with Gasteiger partial charge >= 0.3 is 0 Å². The molecule has 1 heterocycles. The van der Waals surface area contributed by atoms with Crippen LogP contribution in [0.25, 0.3) is 0 Å². The molecule has 1 aromatic carbocycles. The van der Waals surface area contributed by atoms with Gasteiger partial charge in [-0.05, 0) is 79.3 Å². The molecule has 0 atom stereocenters. The molecule has 0 N–H and O–H groups in total. The Morgan fingerprint density at radius 2 is 1.83 bits per heavy atom. The van der Waals surface area contributed by atoms with Crippen molar-refractivity contribution in [3.05, 3.63) is 53.1 Å². The summed E-state index contributed by atoms with van der Waals surface area (Å²) in [5.41, 5.74) is 4.45. The zero-order valence-corrected chi connectivity index (χ0v) is 18.3. The lowest BCUT2D eigenvalue weighted by Gasteiger charge is -2.29. The quantitative estimate of drug-likeness (QED) is 0.308. The first-order chi connectivity index (χ1) is 14.2. The minimum atomic E-state index is 0.491. The van der Waals surface area contributed by atoms with Crippen LogP contribution in [0.3, 0.4) is 0 Å². The predicted octanol–water partition coefficient (Wildman–Crippen LogP) is 6.64. The number of benzene rings is 1. The molecule has 1 aliphatic carbocycles. The van der Waals surface area contributed by atoms with Gasteiger partial charge in [0.1, 0.15) is 5.69 Å². The first kappa shape index (κ1) is 21.4. The predicted molar refractivity (Wildman–Crippen MR) is 123 cm³/mol. The van der Waals surface area contributed by atoms with E-state index >= 15 is 0 Å². The number of aromatic nitrogens is 2. The van der Waals surface area contributed by atoms with E-state index in [0.717, 1.165) is 17.9 Å². The Morgan fingerprint density at radius 3 is 2.48 bits per heavy atom. The van der Waals surface area contributed by atoms with Gasteiger partial charge in [-0.2, -0.15) is 4.99 Å². The van der Waals surface area contributed by atoms with Gasteiger partial charge in [0.2, 0.25) is 5.82 Å². The SMILES string of the molecule is CCCCC1CCC(c2ccc(C#Cc3ncc(N=C=S)cn3)c(CC)c2)CC1. The fourth-order valence-corrected chi connectivity index (χ4v) is 4.28. The number of isothiocyanates is 1. The number of thiocarbonyl (C=S) groups is 1. The van der Waals surface area contributed by atoms with E-state index in [-0.39, 0.29) is 0 Å². The van der Waals surface area contributed by atoms with Crippen LogP contribution in [0.15, 0.2) is 35.6 Å². The first-order valence-corrected chi connectivity index (χ1v) is 11.2. The summed E-state index contributed by atoms with van der Waals surface area (Å²) in [6.07, 6.45) is 13.7. The van der Waals surface area contributed by atoms with Crippen molar-refractivity contribution in [1.29, 1.82) is 0 Å². The van der Waals surface area contributed by atoms with Gasteiger partial charge in [0.25, 0.3) is 0 Å². The van der Waals surface area contributed by atoms with Crippen LogP contribution < -0.4 is 0 Å². The van der Waals surface area contributed by atoms with Gasteiger partial charge in [-0.15, -0.1) is 0 Å². The highest BCUT2D eigenvalue weighted by atomic mass is 32.1. The van der Waals surface area contributed by atoms with Crippen LogP contribution in [0, 0.1) is 17.8 Å². The van der Waals surface area contributed by atoms with Crippen LogP contribution in [0.4, 0.5) is 5.69 Å². The largest absolute Gasteiger partial charge is 0.227 e. The third-order valence-electron chi connectivity index (χ3n) is 5.92. The van der Waals surface area contributed by atoms with Crippen LogP contribution in [0.5, 0.6) is 0 Å². The van der Waals surface area contributed by atoms with E-state index in [0.29, 0.717) is 17.4 Å². The maximum absolute atomic E-state index is 4.59. The van der Waals surface area contributed by atoms with Crippen molar-refractivity contribution < 1.29 is 0 Å². The Balaban J connectivity index is 1.69. The molecular formula is C25H29N3S. The monoisotopic (exact) mass is 403 g/mol. The molecule has 0 saturated heterocycles. The summed E-state index contributed by atoms with van der Waals surface area (Å²) in [5.74, 6) is 8.46. The number of rotatable bonds is 6. The normalized spacial score (nSPS) is 18.4. The van der Waals surface area contributed by atoms with Gasteiger partial charge in [-0.25, -0.2) is 9.97 Å². The van der Waals surface area contributed by atoms with E-state index in [4.69, 9.17) is 0 Å². The summed E-state index contributed by atoms with van der Waals surface area (Å²) in [6.45, 7) is 4.49. The molecule has 2 aromatic rings. The molecule has 4 heteroatoms. The molecule has 0 amide bonds. The molecule has 0 aliphatic heterocycles. The second-order valence-electron chi connectivity index (χ2n) is 7.85. The number of aryl methyl sites for hydroxylation is 1. The molecule has 1 fully saturated rings. The molecule has 1 aliphatic rings. The van der Waals surface area contributed by atoms with Crippen molar-refractivity contribution in [2.45, 2.75) is 71.1 Å². The third-order valence-corrected chi connectivity index (χ3v) is 6.01. The molecule has 0 radical (unpaired) electrons. The van der Waals surface area contributed by atoms with E-state index < -0.39 is 0 Å². The van der Waals surface area contributed by atoms with Gasteiger partial charge in [-0.1, -0.05) is 51.2 Å². The van der Waals surface area contributed by atoms with Crippen molar-refractivity contribution >= 4 is 23.1 Å². The highest BCUT2D eigenvalue weighted by Crippen LogP contribution is 2.38. The van der Waals surface area contributed by atoms with Crippen LogP contribution in [0.2, 0.25) is 0 Å². The van der Waals surface area contributed by atoms with Crippen LogP contribution in [-0.4, -0.2) is 15.1 Å². The van der Waals surface area contributed by atoms with E-state index in [1.54, 1.807) is 12.4 Å². The van der Waals surface area contributed by atoms with E-state index in [1.165, 1.54) is 56.1 Å². The van der Waals surface area contributed by atoms with Crippen molar-refractivity contribution in [3.8, 4) is 11.8 Å². The lowest BCUT2D eigenvalue weighted by atomic mass is 9.76. The highest BCUT2D eigenvalue weighted by molar-refractivity contribution is 7.78. The number of nitrogens with zero attached hydrogens (tertiary/aromatic N) is 3. The maximum Gasteiger partial charge on any atom is 0.205 e. The molecule has 0 bridgehead atoms. The van der Waals surface area contributed by atoms with Gasteiger partial charge < -0.3 is 0 Å². The Bertz CT molecular complexity index is 909. The standard InChI is InChI=1S/C25H29N3S/c1-3-5-6-19-7-9-22(10-8-19)23-12-11-21(20(4-2)15-23)13-14-25-26-16-24(17-27-25)28-18-29/h11-12,15-17,19,22H,3-10H2,1-2H3. The summed E-state index contributed by atoms with van der Waals surface area (Å²) in [7, 11) is 0. The number of hydrogen-bond donors (Lipinski definition) is 0. The second-order valence-corrected chi connectivity index (χ2v) is 8.03. The minimum Gasteiger partial charge on any atom is -0.227 e. The van der Waals surface area contributed by atoms with Crippen molar-refractivity contribution in [3.63, 3.8) is 0 Å². The fourth-order valence-electron chi connectivity index (χ4n) is 4.18. The molecule has 29 heavy (non-hydrogen) atoms. The van der Waals surface area contributed by atoms with Crippen LogP contribution >= 0.6 is 12.2 Å². The van der Waals surface area contributed by atoms with E-state index in [2.05, 4.69) is 76.2 Å². The molecule has 3 rings (SSSR count). The van der Waals surface area contributed by atoms with Crippen molar-refractivity contribution in [2.75, 3.05) is 0 Å². The maximum atomic E-state index is 4.59. The van der Waals surface area contributed by atoms with Gasteiger partial charge in [-0.3, -0.25) is 0 Å². The molecule has 0 unspecified atom stereocenters. The van der Waals surface area contributed by atoms with Crippen molar-refractivity contribution in [1.82, 2.24) is 9.97 Å². The number of hydrogen-bond acceptors (Lipinski definition) is 4. The Morgan fingerprint density at radius 1 is 1.07 bits per heavy atom. The first-order valence-electron chi connectivity index (χ1n) is 10.8. The minimum absolute atomic E-state index is 0.491. The summed E-state index contributed by atoms with van der Waals surface area (Å²) in [4.78, 5) is 12.3. The number of unbranched alkanes of at least 4 members (excludes halogenated alkanes) is 1. The lowest BCUT2D eigenvalue weighted by Crippen LogP contribution is -2.13. The van der Waals surface area contributed by atoms with Crippen molar-refractivity contribution in [2.24, 2.45) is 10.9 Å². The summed E-state index contributed by atoms with van der Waals surface area (Å²) < 4.78 is 0. The Labute approximate surface area is 180 Å². The average Bonchev–Trinajstić information content (AvgIpc) is 2.77. The van der Waals surface area contributed by atoms with Crippen LogP contribution in [-0.2, 0) is 6.42 Å². The second kappa shape index (κ2) is 11.0. The molecule has 0 spiro atoms. The summed E-state index contributed by atoms with van der Waals surface area (Å²) in [6, 6.07) is 6.83. The fraction of sp³-hybridized carbons (Fsp3) is 0.480. The summed E-state index contributed by atoms with van der Waals surface area (Å²) >= 11 is 4.59. The lowest BCUT2D eigenvalue weighted by molar-refractivity contribution is 0.304. The topological polar surface area (TPSA) is 38.1 Å². The van der Waals surface area contributed by atoms with Gasteiger partial charge in [0.05, 0.1) is 17.6 Å². The van der Waals surface area contributed by atoms with Gasteiger partial charge in [0, 0.05) is 5.56 Å². The zero-order valence-electron chi connectivity index (χ0n) is 17.4. The average molecular weight is 404 g/mol. The molecular weight excluding hydrogens is 374 g/mol. The Hall–Kier alpha value is -2.34. The molecule has 1 aromatic heterocycles. The van der Waals surface area contributed by atoms with E-state index in [9.17, 15) is 0 Å². The smallest absolute Gasteiger partial charge is 0.205 e. The molecule has 1 saturated carbocycles. The number of aliphatic imine (C=N–C) groups is 1. The van der Waals surface area contributed by atoms with E-state index in [1.807, 2.05) is 0 Å².